The molecule has 30 heavy (non-hydrogen) atoms. The number of hydrogen-bond donors (Lipinski definition) is 1. The van der Waals surface area contributed by atoms with E-state index >= 15 is 0 Å². The Labute approximate surface area is 181 Å². The Kier molecular flexibility index (Phi) is 5.92. The van der Waals surface area contributed by atoms with E-state index in [1.807, 2.05) is 49.1 Å². The van der Waals surface area contributed by atoms with Crippen molar-refractivity contribution in [1.82, 2.24) is 4.98 Å². The lowest BCUT2D eigenvalue weighted by Gasteiger charge is -2.21. The number of amides is 1. The largest absolute Gasteiger partial charge is 0.486 e. The van der Waals surface area contributed by atoms with E-state index in [0.717, 1.165) is 45.6 Å². The predicted octanol–water partition coefficient (Wildman–Crippen LogP) is 2.87. The van der Waals surface area contributed by atoms with Gasteiger partial charge < -0.3 is 14.4 Å². The normalized spacial score (nSPS) is 13.1. The Balaban J connectivity index is 1.71. The van der Waals surface area contributed by atoms with Crippen LogP contribution in [0.4, 0.5) is 5.13 Å². The number of hydrogen-bond acceptors (Lipinski definition) is 5. The van der Waals surface area contributed by atoms with Gasteiger partial charge in [0.2, 0.25) is 0 Å². The van der Waals surface area contributed by atoms with E-state index < -0.39 is 0 Å². The van der Waals surface area contributed by atoms with Crippen LogP contribution in [0.15, 0.2) is 30.3 Å². The Morgan fingerprint density at radius 2 is 1.87 bits per heavy atom. The first kappa shape index (κ1) is 20.6. The number of aromatic nitrogens is 1. The van der Waals surface area contributed by atoms with E-state index in [-0.39, 0.29) is 5.91 Å². The SMILES string of the molecule is Cc1ccc(C)c(C(=O)N(CCC[NH+](C)C)c2nc3cc4c(cc3s2)OCCO4)c1. The summed E-state index contributed by atoms with van der Waals surface area (Å²) in [7, 11) is 4.25. The second kappa shape index (κ2) is 8.62. The lowest BCUT2D eigenvalue weighted by Crippen LogP contribution is -3.05. The highest BCUT2D eigenvalue weighted by Gasteiger charge is 2.24. The summed E-state index contributed by atoms with van der Waals surface area (Å²) in [6.07, 6.45) is 0.900. The molecule has 0 bridgehead atoms. The molecule has 0 spiro atoms. The van der Waals surface area contributed by atoms with Gasteiger partial charge in [-0.05, 0) is 25.5 Å². The molecule has 4 rings (SSSR count). The first-order valence-electron chi connectivity index (χ1n) is 10.3. The van der Waals surface area contributed by atoms with Crippen LogP contribution in [-0.4, -0.2) is 51.3 Å². The lowest BCUT2D eigenvalue weighted by atomic mass is 10.0. The number of carbonyl (C=O) groups excluding carboxylic acids is 1. The molecule has 1 aliphatic rings. The minimum Gasteiger partial charge on any atom is -0.486 e. The van der Waals surface area contributed by atoms with E-state index in [1.165, 1.54) is 16.2 Å². The molecule has 0 saturated carbocycles. The van der Waals surface area contributed by atoms with Crippen LogP contribution < -0.4 is 19.3 Å². The van der Waals surface area contributed by atoms with Crippen molar-refractivity contribution >= 4 is 32.6 Å². The summed E-state index contributed by atoms with van der Waals surface area (Å²) >= 11 is 1.52. The molecule has 0 saturated heterocycles. The third-order valence-electron chi connectivity index (χ3n) is 5.20. The van der Waals surface area contributed by atoms with Gasteiger partial charge in [0.05, 0.1) is 30.9 Å². The van der Waals surface area contributed by atoms with E-state index in [9.17, 15) is 4.79 Å². The standard InChI is InChI=1S/C23H27N3O3S/c1-15-6-7-16(2)17(12-15)22(27)26(9-5-8-25(3)4)23-24-18-13-19-20(14-21(18)30-23)29-11-10-28-19/h6-7,12-14H,5,8-11H2,1-4H3/p+1. The molecule has 0 atom stereocenters. The van der Waals surface area contributed by atoms with Crippen molar-refractivity contribution in [2.75, 3.05) is 45.3 Å². The zero-order valence-electron chi connectivity index (χ0n) is 17.9. The fourth-order valence-corrected chi connectivity index (χ4v) is 4.55. The number of benzene rings is 2. The van der Waals surface area contributed by atoms with E-state index in [2.05, 4.69) is 14.1 Å². The summed E-state index contributed by atoms with van der Waals surface area (Å²) < 4.78 is 12.4. The summed E-state index contributed by atoms with van der Waals surface area (Å²) in [6, 6.07) is 9.89. The number of anilines is 1. The number of nitrogens with zero attached hydrogens (tertiary/aromatic N) is 2. The Bertz CT molecular complexity index is 1030. The Morgan fingerprint density at radius 1 is 1.13 bits per heavy atom. The number of thiazole rings is 1. The quantitative estimate of drug-likeness (QED) is 0.659. The lowest BCUT2D eigenvalue weighted by molar-refractivity contribution is -0.858. The molecule has 6 nitrogen and oxygen atoms in total. The molecule has 158 valence electrons. The minimum absolute atomic E-state index is 0.00118. The maximum Gasteiger partial charge on any atom is 0.260 e. The summed E-state index contributed by atoms with van der Waals surface area (Å²) in [5, 5.41) is 0.715. The molecule has 1 aromatic heterocycles. The van der Waals surface area contributed by atoms with Gasteiger partial charge in [0, 0.05) is 30.7 Å². The van der Waals surface area contributed by atoms with Gasteiger partial charge in [-0.15, -0.1) is 0 Å². The average Bonchev–Trinajstić information content (AvgIpc) is 3.12. The number of quaternary nitrogens is 1. The molecule has 0 aliphatic carbocycles. The topological polar surface area (TPSA) is 56.1 Å². The molecule has 0 fully saturated rings. The van der Waals surface area contributed by atoms with Crippen LogP contribution in [-0.2, 0) is 0 Å². The van der Waals surface area contributed by atoms with Crippen molar-refractivity contribution in [3.63, 3.8) is 0 Å². The van der Waals surface area contributed by atoms with E-state index in [4.69, 9.17) is 14.5 Å². The molecule has 0 unspecified atom stereocenters. The highest BCUT2D eigenvalue weighted by molar-refractivity contribution is 7.22. The van der Waals surface area contributed by atoms with Crippen molar-refractivity contribution in [1.29, 1.82) is 0 Å². The molecule has 3 aromatic rings. The van der Waals surface area contributed by atoms with Gasteiger partial charge in [-0.1, -0.05) is 29.0 Å². The molecule has 1 aliphatic heterocycles. The Morgan fingerprint density at radius 3 is 2.60 bits per heavy atom. The predicted molar refractivity (Wildman–Crippen MR) is 120 cm³/mol. The van der Waals surface area contributed by atoms with Gasteiger partial charge in [0.15, 0.2) is 16.6 Å². The number of fused-ring (bicyclic) bond motifs is 2. The summed E-state index contributed by atoms with van der Waals surface area (Å²) in [5.41, 5.74) is 3.62. The van der Waals surface area contributed by atoms with Crippen molar-refractivity contribution in [2.45, 2.75) is 20.3 Å². The molecule has 1 N–H and O–H groups in total. The van der Waals surface area contributed by atoms with Crippen LogP contribution in [0.25, 0.3) is 10.2 Å². The number of ether oxygens (including phenoxy) is 2. The number of aryl methyl sites for hydroxylation is 2. The van der Waals surface area contributed by atoms with Crippen LogP contribution in [0.1, 0.15) is 27.9 Å². The van der Waals surface area contributed by atoms with Crippen molar-refractivity contribution in [2.24, 2.45) is 0 Å². The zero-order chi connectivity index (χ0) is 21.3. The number of rotatable bonds is 6. The fourth-order valence-electron chi connectivity index (χ4n) is 3.55. The van der Waals surface area contributed by atoms with Crippen molar-refractivity contribution in [3.05, 3.63) is 47.0 Å². The smallest absolute Gasteiger partial charge is 0.260 e. The van der Waals surface area contributed by atoms with E-state index in [1.54, 1.807) is 0 Å². The highest BCUT2D eigenvalue weighted by atomic mass is 32.1. The maximum atomic E-state index is 13.6. The number of nitrogens with one attached hydrogen (secondary N) is 1. The monoisotopic (exact) mass is 426 g/mol. The molecular formula is C23H28N3O3S+. The van der Waals surface area contributed by atoms with Gasteiger partial charge in [0.1, 0.15) is 13.2 Å². The van der Waals surface area contributed by atoms with Crippen LogP contribution in [0.3, 0.4) is 0 Å². The van der Waals surface area contributed by atoms with Crippen LogP contribution in [0.5, 0.6) is 11.5 Å². The second-order valence-electron chi connectivity index (χ2n) is 8.05. The summed E-state index contributed by atoms with van der Waals surface area (Å²) in [5.74, 6) is 1.46. The van der Waals surface area contributed by atoms with Gasteiger partial charge in [-0.2, -0.15) is 0 Å². The minimum atomic E-state index is 0.00118. The first-order chi connectivity index (χ1) is 14.4. The van der Waals surface area contributed by atoms with E-state index in [0.29, 0.717) is 30.6 Å². The molecule has 1 amide bonds. The first-order valence-corrected chi connectivity index (χ1v) is 11.1. The molecule has 0 radical (unpaired) electrons. The molecule has 2 heterocycles. The molecular weight excluding hydrogens is 398 g/mol. The number of carbonyl (C=O) groups is 1. The van der Waals surface area contributed by atoms with Crippen LogP contribution in [0, 0.1) is 13.8 Å². The highest BCUT2D eigenvalue weighted by Crippen LogP contribution is 2.39. The van der Waals surface area contributed by atoms with Crippen LogP contribution in [0.2, 0.25) is 0 Å². The van der Waals surface area contributed by atoms with Crippen molar-refractivity contribution in [3.8, 4) is 11.5 Å². The third-order valence-corrected chi connectivity index (χ3v) is 6.24. The van der Waals surface area contributed by atoms with Gasteiger partial charge in [-0.25, -0.2) is 4.98 Å². The second-order valence-corrected chi connectivity index (χ2v) is 9.05. The Hall–Kier alpha value is -2.64. The van der Waals surface area contributed by atoms with Gasteiger partial charge in [-0.3, -0.25) is 9.69 Å². The van der Waals surface area contributed by atoms with Gasteiger partial charge >= 0.3 is 0 Å². The maximum absolute atomic E-state index is 13.6. The summed E-state index contributed by atoms with van der Waals surface area (Å²) in [4.78, 5) is 21.6. The van der Waals surface area contributed by atoms with Gasteiger partial charge in [0.25, 0.3) is 5.91 Å². The van der Waals surface area contributed by atoms with Crippen molar-refractivity contribution < 1.29 is 19.2 Å². The third kappa shape index (κ3) is 4.27. The van der Waals surface area contributed by atoms with Crippen LogP contribution >= 0.6 is 11.3 Å². The summed E-state index contributed by atoms with van der Waals surface area (Å²) in [6.45, 7) is 6.70. The fraction of sp³-hybridized carbons (Fsp3) is 0.391. The average molecular weight is 427 g/mol. The zero-order valence-corrected chi connectivity index (χ0v) is 18.8. The molecule has 2 aromatic carbocycles. The molecule has 7 heteroatoms.